The number of aliphatic hydroxyl groups is 1. The zero-order valence-corrected chi connectivity index (χ0v) is 11.1. The molecule has 1 aromatic carbocycles. The van der Waals surface area contributed by atoms with Gasteiger partial charge < -0.3 is 9.84 Å². The lowest BCUT2D eigenvalue weighted by Gasteiger charge is -2.22. The fraction of sp³-hybridized carbons (Fsp3) is 0.312. The van der Waals surface area contributed by atoms with Gasteiger partial charge in [-0.15, -0.1) is 0 Å². The van der Waals surface area contributed by atoms with Crippen LogP contribution in [0.4, 0.5) is 4.39 Å². The molecule has 1 aliphatic rings. The molecule has 4 heteroatoms. The minimum absolute atomic E-state index is 0.264. The fourth-order valence-corrected chi connectivity index (χ4v) is 2.54. The molecule has 1 aromatic heterocycles. The van der Waals surface area contributed by atoms with Gasteiger partial charge in [-0.05, 0) is 48.6 Å². The number of pyridine rings is 1. The Morgan fingerprint density at radius 1 is 1.30 bits per heavy atom. The van der Waals surface area contributed by atoms with Crippen molar-refractivity contribution in [2.45, 2.75) is 32.0 Å². The Labute approximate surface area is 117 Å². The first-order valence-corrected chi connectivity index (χ1v) is 6.75. The number of hydrogen-bond donors (Lipinski definition) is 1. The van der Waals surface area contributed by atoms with Gasteiger partial charge in [0.1, 0.15) is 18.2 Å². The highest BCUT2D eigenvalue weighted by Crippen LogP contribution is 2.32. The van der Waals surface area contributed by atoms with E-state index in [1.165, 1.54) is 17.8 Å². The first-order chi connectivity index (χ1) is 9.72. The van der Waals surface area contributed by atoms with Crippen molar-refractivity contribution in [1.82, 2.24) is 4.98 Å². The average molecular weight is 273 g/mol. The molecule has 0 spiro atoms. The van der Waals surface area contributed by atoms with Gasteiger partial charge in [-0.2, -0.15) is 0 Å². The molecule has 1 heterocycles. The quantitative estimate of drug-likeness (QED) is 0.934. The summed E-state index contributed by atoms with van der Waals surface area (Å²) in [6, 6.07) is 7.17. The number of rotatable bonds is 3. The van der Waals surface area contributed by atoms with Crippen LogP contribution in [0.2, 0.25) is 0 Å². The van der Waals surface area contributed by atoms with Crippen molar-refractivity contribution in [3.63, 3.8) is 0 Å². The summed E-state index contributed by atoms with van der Waals surface area (Å²) in [5.41, 5.74) is 2.82. The molecule has 0 bridgehead atoms. The highest BCUT2D eigenvalue weighted by atomic mass is 19.1. The predicted octanol–water partition coefficient (Wildman–Crippen LogP) is 3.17. The van der Waals surface area contributed by atoms with Crippen molar-refractivity contribution in [3.05, 3.63) is 59.2 Å². The maximum absolute atomic E-state index is 13.0. The van der Waals surface area contributed by atoms with Crippen molar-refractivity contribution < 1.29 is 14.2 Å². The summed E-state index contributed by atoms with van der Waals surface area (Å²) in [5.74, 6) is 0.320. The SMILES string of the molecule is OC1CCCc2ccc(OCc3cncc(F)c3)cc21. The van der Waals surface area contributed by atoms with Crippen LogP contribution in [0.15, 0.2) is 36.7 Å². The largest absolute Gasteiger partial charge is 0.489 e. The van der Waals surface area contributed by atoms with Gasteiger partial charge in [0.05, 0.1) is 12.3 Å². The van der Waals surface area contributed by atoms with E-state index >= 15 is 0 Å². The molecule has 2 aromatic rings. The van der Waals surface area contributed by atoms with Gasteiger partial charge >= 0.3 is 0 Å². The van der Waals surface area contributed by atoms with Gasteiger partial charge in [0.2, 0.25) is 0 Å². The number of ether oxygens (including phenoxy) is 1. The van der Waals surface area contributed by atoms with Crippen LogP contribution in [-0.4, -0.2) is 10.1 Å². The smallest absolute Gasteiger partial charge is 0.141 e. The monoisotopic (exact) mass is 273 g/mol. The molecular weight excluding hydrogens is 257 g/mol. The lowest BCUT2D eigenvalue weighted by molar-refractivity contribution is 0.156. The van der Waals surface area contributed by atoms with Crippen LogP contribution in [0, 0.1) is 5.82 Å². The number of fused-ring (bicyclic) bond motifs is 1. The maximum atomic E-state index is 13.0. The van der Waals surface area contributed by atoms with Crippen molar-refractivity contribution in [1.29, 1.82) is 0 Å². The molecule has 3 nitrogen and oxygen atoms in total. The lowest BCUT2D eigenvalue weighted by atomic mass is 9.89. The lowest BCUT2D eigenvalue weighted by Crippen LogP contribution is -2.09. The van der Waals surface area contributed by atoms with Crippen molar-refractivity contribution in [3.8, 4) is 5.75 Å². The fourth-order valence-electron chi connectivity index (χ4n) is 2.54. The number of halogens is 1. The Kier molecular flexibility index (Phi) is 3.65. The van der Waals surface area contributed by atoms with E-state index in [1.54, 1.807) is 6.20 Å². The second kappa shape index (κ2) is 5.59. The number of aromatic nitrogens is 1. The molecule has 0 amide bonds. The Bertz CT molecular complexity index is 615. The molecule has 1 N–H and O–H groups in total. The van der Waals surface area contributed by atoms with Crippen LogP contribution >= 0.6 is 0 Å². The topological polar surface area (TPSA) is 42.4 Å². The molecule has 0 saturated carbocycles. The molecule has 3 rings (SSSR count). The standard InChI is InChI=1S/C16H16FNO2/c17-13-6-11(8-18-9-13)10-20-14-5-4-12-2-1-3-16(19)15(12)7-14/h4-9,16,19H,1-3,10H2. The summed E-state index contributed by atoms with van der Waals surface area (Å²) in [7, 11) is 0. The molecular formula is C16H16FNO2. The summed E-state index contributed by atoms with van der Waals surface area (Å²) in [4.78, 5) is 3.78. The van der Waals surface area contributed by atoms with E-state index in [0.717, 1.165) is 24.8 Å². The summed E-state index contributed by atoms with van der Waals surface area (Å²) in [5, 5.41) is 9.99. The normalized spacial score (nSPS) is 17.6. The van der Waals surface area contributed by atoms with Gasteiger partial charge in [-0.3, -0.25) is 4.98 Å². The Morgan fingerprint density at radius 2 is 2.20 bits per heavy atom. The van der Waals surface area contributed by atoms with E-state index in [2.05, 4.69) is 4.98 Å². The zero-order chi connectivity index (χ0) is 13.9. The molecule has 1 unspecified atom stereocenters. The highest BCUT2D eigenvalue weighted by Gasteiger charge is 2.18. The third-order valence-corrected chi connectivity index (χ3v) is 3.57. The number of aliphatic hydroxyl groups excluding tert-OH is 1. The zero-order valence-electron chi connectivity index (χ0n) is 11.1. The molecule has 20 heavy (non-hydrogen) atoms. The van der Waals surface area contributed by atoms with Crippen LogP contribution < -0.4 is 4.74 Å². The second-order valence-electron chi connectivity index (χ2n) is 5.07. The molecule has 0 saturated heterocycles. The van der Waals surface area contributed by atoms with Crippen LogP contribution in [0.5, 0.6) is 5.75 Å². The predicted molar refractivity (Wildman–Crippen MR) is 72.9 cm³/mol. The Morgan fingerprint density at radius 3 is 3.05 bits per heavy atom. The van der Waals surface area contributed by atoms with Gasteiger partial charge in [-0.25, -0.2) is 4.39 Å². The Balaban J connectivity index is 1.73. The number of benzene rings is 1. The molecule has 0 aliphatic heterocycles. The maximum Gasteiger partial charge on any atom is 0.141 e. The minimum atomic E-state index is -0.405. The van der Waals surface area contributed by atoms with Crippen molar-refractivity contribution >= 4 is 0 Å². The number of nitrogens with zero attached hydrogens (tertiary/aromatic N) is 1. The van der Waals surface area contributed by atoms with E-state index in [0.29, 0.717) is 11.3 Å². The first kappa shape index (κ1) is 13.1. The van der Waals surface area contributed by atoms with Gasteiger partial charge in [0.25, 0.3) is 0 Å². The molecule has 104 valence electrons. The van der Waals surface area contributed by atoms with Crippen LogP contribution in [-0.2, 0) is 13.0 Å². The third kappa shape index (κ3) is 2.80. The summed E-state index contributed by atoms with van der Waals surface area (Å²) >= 11 is 0. The highest BCUT2D eigenvalue weighted by molar-refractivity contribution is 5.38. The average Bonchev–Trinajstić information content (AvgIpc) is 2.46. The van der Waals surface area contributed by atoms with Crippen LogP contribution in [0.25, 0.3) is 0 Å². The first-order valence-electron chi connectivity index (χ1n) is 6.75. The summed E-state index contributed by atoms with van der Waals surface area (Å²) in [6.45, 7) is 0.264. The van der Waals surface area contributed by atoms with Crippen molar-refractivity contribution in [2.24, 2.45) is 0 Å². The molecule has 0 radical (unpaired) electrons. The molecule has 1 aliphatic carbocycles. The van der Waals surface area contributed by atoms with E-state index in [4.69, 9.17) is 4.74 Å². The van der Waals surface area contributed by atoms with E-state index in [9.17, 15) is 9.50 Å². The van der Waals surface area contributed by atoms with E-state index in [-0.39, 0.29) is 12.4 Å². The molecule has 0 fully saturated rings. The number of aryl methyl sites for hydroxylation is 1. The van der Waals surface area contributed by atoms with Crippen LogP contribution in [0.1, 0.15) is 35.6 Å². The summed E-state index contributed by atoms with van der Waals surface area (Å²) in [6.07, 6.45) is 5.15. The Hall–Kier alpha value is -1.94. The second-order valence-corrected chi connectivity index (χ2v) is 5.07. The number of hydrogen-bond acceptors (Lipinski definition) is 3. The summed E-state index contributed by atoms with van der Waals surface area (Å²) < 4.78 is 18.7. The van der Waals surface area contributed by atoms with Crippen molar-refractivity contribution in [2.75, 3.05) is 0 Å². The van der Waals surface area contributed by atoms with E-state index < -0.39 is 6.10 Å². The van der Waals surface area contributed by atoms with Crippen LogP contribution in [0.3, 0.4) is 0 Å². The van der Waals surface area contributed by atoms with Gasteiger partial charge in [0, 0.05) is 11.8 Å². The molecule has 1 atom stereocenters. The van der Waals surface area contributed by atoms with E-state index in [1.807, 2.05) is 18.2 Å². The van der Waals surface area contributed by atoms with Gasteiger partial charge in [0.15, 0.2) is 0 Å². The third-order valence-electron chi connectivity index (χ3n) is 3.57. The minimum Gasteiger partial charge on any atom is -0.489 e. The van der Waals surface area contributed by atoms with Gasteiger partial charge in [-0.1, -0.05) is 6.07 Å².